The van der Waals surface area contributed by atoms with Gasteiger partial charge in [0.05, 0.1) is 6.61 Å². The lowest BCUT2D eigenvalue weighted by Gasteiger charge is -2.13. The maximum atomic E-state index is 11.1. The predicted octanol–water partition coefficient (Wildman–Crippen LogP) is -0.0639. The first kappa shape index (κ1) is 11.5. The monoisotopic (exact) mass is 210 g/mol. The average Bonchev–Trinajstić information content (AvgIpc) is 2.28. The Morgan fingerprint density at radius 3 is 3.00 bits per heavy atom. The van der Waals surface area contributed by atoms with Gasteiger partial charge in [0.2, 0.25) is 0 Å². The van der Waals surface area contributed by atoms with Crippen molar-refractivity contribution >= 4 is 5.91 Å². The number of nitrogens with two attached hydrogens (primary N) is 1. The van der Waals surface area contributed by atoms with E-state index >= 15 is 0 Å². The van der Waals surface area contributed by atoms with Gasteiger partial charge in [0.25, 0.3) is 5.91 Å². The van der Waals surface area contributed by atoms with Gasteiger partial charge in [-0.25, -0.2) is 5.84 Å². The number of carbonyl (C=O) groups is 1. The van der Waals surface area contributed by atoms with Gasteiger partial charge in [0, 0.05) is 0 Å². The molecule has 0 radical (unpaired) electrons. The summed E-state index contributed by atoms with van der Waals surface area (Å²) in [6.45, 7) is 1.53. The number of aliphatic hydroxyl groups is 1. The fourth-order valence-corrected chi connectivity index (χ4v) is 1.09. The van der Waals surface area contributed by atoms with E-state index in [0.29, 0.717) is 5.75 Å². The molecule has 0 saturated heterocycles. The molecule has 0 heterocycles. The first-order valence-corrected chi connectivity index (χ1v) is 4.54. The summed E-state index contributed by atoms with van der Waals surface area (Å²) in [5.74, 6) is 5.09. The minimum atomic E-state index is -0.663. The summed E-state index contributed by atoms with van der Waals surface area (Å²) in [5, 5.41) is 8.90. The standard InChI is InChI=1S/C10H14N2O3/c1-7(10(14)12-11)15-9-4-2-3-8(5-9)6-13/h2-5,7,13H,6,11H2,1H3,(H,12,14). The van der Waals surface area contributed by atoms with Crippen molar-refractivity contribution in [1.82, 2.24) is 5.43 Å². The van der Waals surface area contributed by atoms with Crippen LogP contribution in [0.4, 0.5) is 0 Å². The molecule has 5 heteroatoms. The lowest BCUT2D eigenvalue weighted by Crippen LogP contribution is -2.40. The fraction of sp³-hybridized carbons (Fsp3) is 0.300. The number of nitrogens with one attached hydrogen (secondary N) is 1. The molecule has 15 heavy (non-hydrogen) atoms. The summed E-state index contributed by atoms with van der Waals surface area (Å²) < 4.78 is 5.31. The molecule has 82 valence electrons. The number of hydrogen-bond donors (Lipinski definition) is 3. The molecule has 4 N–H and O–H groups in total. The van der Waals surface area contributed by atoms with Crippen LogP contribution in [0.3, 0.4) is 0 Å². The molecular weight excluding hydrogens is 196 g/mol. The zero-order chi connectivity index (χ0) is 11.3. The summed E-state index contributed by atoms with van der Waals surface area (Å²) in [5.41, 5.74) is 2.73. The van der Waals surface area contributed by atoms with Gasteiger partial charge in [0.15, 0.2) is 6.10 Å². The van der Waals surface area contributed by atoms with Crippen molar-refractivity contribution in [2.45, 2.75) is 19.6 Å². The van der Waals surface area contributed by atoms with E-state index in [1.165, 1.54) is 0 Å². The van der Waals surface area contributed by atoms with Crippen LogP contribution in [0.5, 0.6) is 5.75 Å². The highest BCUT2D eigenvalue weighted by Gasteiger charge is 2.12. The SMILES string of the molecule is CC(Oc1cccc(CO)c1)C(=O)NN. The Hall–Kier alpha value is -1.59. The number of ether oxygens (including phenoxy) is 1. The third kappa shape index (κ3) is 3.23. The van der Waals surface area contributed by atoms with Crippen molar-refractivity contribution in [2.75, 3.05) is 0 Å². The average molecular weight is 210 g/mol. The molecule has 1 unspecified atom stereocenters. The Balaban J connectivity index is 2.67. The second-order valence-corrected chi connectivity index (χ2v) is 3.07. The molecule has 0 spiro atoms. The quantitative estimate of drug-likeness (QED) is 0.369. The molecule has 1 rings (SSSR count). The predicted molar refractivity (Wildman–Crippen MR) is 54.8 cm³/mol. The Morgan fingerprint density at radius 1 is 1.67 bits per heavy atom. The highest BCUT2D eigenvalue weighted by Crippen LogP contribution is 2.14. The molecule has 0 aliphatic heterocycles. The maximum Gasteiger partial charge on any atom is 0.274 e. The van der Waals surface area contributed by atoms with Gasteiger partial charge in [-0.15, -0.1) is 0 Å². The Labute approximate surface area is 87.8 Å². The van der Waals surface area contributed by atoms with E-state index in [2.05, 4.69) is 0 Å². The molecule has 1 amide bonds. The smallest absolute Gasteiger partial charge is 0.274 e. The second kappa shape index (κ2) is 5.33. The van der Waals surface area contributed by atoms with Crippen LogP contribution in [0.15, 0.2) is 24.3 Å². The maximum absolute atomic E-state index is 11.1. The van der Waals surface area contributed by atoms with Gasteiger partial charge in [0.1, 0.15) is 5.75 Å². The minimum absolute atomic E-state index is 0.0608. The Morgan fingerprint density at radius 2 is 2.40 bits per heavy atom. The second-order valence-electron chi connectivity index (χ2n) is 3.07. The zero-order valence-corrected chi connectivity index (χ0v) is 8.43. The van der Waals surface area contributed by atoms with Gasteiger partial charge in [-0.2, -0.15) is 0 Å². The van der Waals surface area contributed by atoms with Crippen molar-refractivity contribution in [3.05, 3.63) is 29.8 Å². The summed E-state index contributed by atoms with van der Waals surface area (Å²) in [7, 11) is 0. The summed E-state index contributed by atoms with van der Waals surface area (Å²) >= 11 is 0. The van der Waals surface area contributed by atoms with Crippen LogP contribution in [0.1, 0.15) is 12.5 Å². The molecule has 1 aromatic rings. The first-order chi connectivity index (χ1) is 7.17. The molecule has 0 aromatic heterocycles. The molecule has 0 saturated carbocycles. The topological polar surface area (TPSA) is 84.6 Å². The summed E-state index contributed by atoms with van der Waals surface area (Å²) in [4.78, 5) is 11.1. The lowest BCUT2D eigenvalue weighted by atomic mass is 10.2. The zero-order valence-electron chi connectivity index (χ0n) is 8.43. The van der Waals surface area contributed by atoms with E-state index in [1.807, 2.05) is 5.43 Å². The number of carbonyl (C=O) groups excluding carboxylic acids is 1. The third-order valence-corrected chi connectivity index (χ3v) is 1.91. The molecule has 5 nitrogen and oxygen atoms in total. The number of amides is 1. The van der Waals surface area contributed by atoms with Gasteiger partial charge >= 0.3 is 0 Å². The van der Waals surface area contributed by atoms with E-state index in [-0.39, 0.29) is 6.61 Å². The number of aliphatic hydroxyl groups excluding tert-OH is 1. The molecule has 1 aromatic carbocycles. The Kier molecular flexibility index (Phi) is 4.08. The van der Waals surface area contributed by atoms with Crippen LogP contribution < -0.4 is 16.0 Å². The van der Waals surface area contributed by atoms with Crippen LogP contribution in [-0.2, 0) is 11.4 Å². The number of hydrogen-bond acceptors (Lipinski definition) is 4. The highest BCUT2D eigenvalue weighted by molar-refractivity contribution is 5.80. The van der Waals surface area contributed by atoms with Gasteiger partial charge < -0.3 is 9.84 Å². The minimum Gasteiger partial charge on any atom is -0.481 e. The van der Waals surface area contributed by atoms with Crippen LogP contribution in [-0.4, -0.2) is 17.1 Å². The van der Waals surface area contributed by atoms with Crippen molar-refractivity contribution < 1.29 is 14.6 Å². The molecule has 0 fully saturated rings. The van der Waals surface area contributed by atoms with Crippen molar-refractivity contribution in [3.8, 4) is 5.75 Å². The van der Waals surface area contributed by atoms with Crippen molar-refractivity contribution in [3.63, 3.8) is 0 Å². The van der Waals surface area contributed by atoms with Crippen molar-refractivity contribution in [2.24, 2.45) is 5.84 Å². The van der Waals surface area contributed by atoms with Gasteiger partial charge in [-0.05, 0) is 24.6 Å². The van der Waals surface area contributed by atoms with Crippen LogP contribution >= 0.6 is 0 Å². The molecule has 1 atom stereocenters. The van der Waals surface area contributed by atoms with E-state index in [4.69, 9.17) is 15.7 Å². The summed E-state index contributed by atoms with van der Waals surface area (Å²) in [6.07, 6.45) is -0.663. The van der Waals surface area contributed by atoms with Crippen LogP contribution in [0.25, 0.3) is 0 Å². The molecule has 0 aliphatic rings. The van der Waals surface area contributed by atoms with Crippen LogP contribution in [0, 0.1) is 0 Å². The number of hydrazine groups is 1. The van der Waals surface area contributed by atoms with Crippen molar-refractivity contribution in [1.29, 1.82) is 0 Å². The van der Waals surface area contributed by atoms with E-state index in [9.17, 15) is 4.79 Å². The first-order valence-electron chi connectivity index (χ1n) is 4.54. The highest BCUT2D eigenvalue weighted by atomic mass is 16.5. The molecular formula is C10H14N2O3. The normalized spacial score (nSPS) is 11.9. The number of rotatable bonds is 4. The van der Waals surface area contributed by atoms with E-state index in [0.717, 1.165) is 5.56 Å². The van der Waals surface area contributed by atoms with Crippen LogP contribution in [0.2, 0.25) is 0 Å². The largest absolute Gasteiger partial charge is 0.481 e. The van der Waals surface area contributed by atoms with Gasteiger partial charge in [-0.3, -0.25) is 10.2 Å². The lowest BCUT2D eigenvalue weighted by molar-refractivity contribution is -0.127. The van der Waals surface area contributed by atoms with Gasteiger partial charge in [-0.1, -0.05) is 12.1 Å². The Bertz CT molecular complexity index is 341. The number of benzene rings is 1. The molecule has 0 bridgehead atoms. The molecule has 0 aliphatic carbocycles. The summed E-state index contributed by atoms with van der Waals surface area (Å²) in [6, 6.07) is 6.88. The fourth-order valence-electron chi connectivity index (χ4n) is 1.09. The third-order valence-electron chi connectivity index (χ3n) is 1.91. The van der Waals surface area contributed by atoms with E-state index in [1.54, 1.807) is 31.2 Å². The van der Waals surface area contributed by atoms with E-state index < -0.39 is 12.0 Å².